The smallest absolute Gasteiger partial charge is 0.359 e. The first-order chi connectivity index (χ1) is 8.31. The van der Waals surface area contributed by atoms with Crippen LogP contribution in [-0.2, 0) is 6.42 Å². The van der Waals surface area contributed by atoms with E-state index < -0.39 is 12.6 Å². The highest BCUT2D eigenvalue weighted by atomic mass is 79.9. The molecule has 0 aromatic carbocycles. The van der Waals surface area contributed by atoms with Gasteiger partial charge in [-0.2, -0.15) is 13.2 Å². The van der Waals surface area contributed by atoms with Crippen molar-refractivity contribution in [3.8, 4) is 0 Å². The van der Waals surface area contributed by atoms with E-state index in [1.807, 2.05) is 6.92 Å². The third-order valence-electron chi connectivity index (χ3n) is 2.32. The quantitative estimate of drug-likeness (QED) is 0.775. The van der Waals surface area contributed by atoms with Gasteiger partial charge in [-0.05, 0) is 22.4 Å². The van der Waals surface area contributed by atoms with Crippen molar-refractivity contribution in [3.63, 3.8) is 0 Å². The van der Waals surface area contributed by atoms with E-state index in [9.17, 15) is 13.2 Å². The van der Waals surface area contributed by atoms with Gasteiger partial charge in [-0.3, -0.25) is 0 Å². The zero-order valence-electron chi connectivity index (χ0n) is 10.3. The van der Waals surface area contributed by atoms with Gasteiger partial charge in [0.25, 0.3) is 0 Å². The summed E-state index contributed by atoms with van der Waals surface area (Å²) in [5.41, 5.74) is 0. The highest BCUT2D eigenvalue weighted by Gasteiger charge is 2.27. The number of nitrogens with zero attached hydrogens (tertiary/aromatic N) is 3. The number of hydrogen-bond donors (Lipinski definition) is 0. The number of hydrogen-bond acceptors (Lipinski definition) is 3. The molecular weight excluding hydrogens is 311 g/mol. The standard InChI is InChI=1S/C11H15BrF3N3/c1-3-4-9-16-8(12)7-10(17-9)18(2)6-5-11(13,14)15/h7H,3-6H2,1-2H3. The lowest BCUT2D eigenvalue weighted by atomic mass is 10.3. The van der Waals surface area contributed by atoms with Gasteiger partial charge in [-0.1, -0.05) is 6.92 Å². The molecule has 0 spiro atoms. The summed E-state index contributed by atoms with van der Waals surface area (Å²) in [6.45, 7) is 1.88. The molecule has 0 fully saturated rings. The van der Waals surface area contributed by atoms with Crippen LogP contribution in [0.4, 0.5) is 19.0 Å². The topological polar surface area (TPSA) is 29.0 Å². The number of aryl methyl sites for hydroxylation is 1. The Labute approximate surface area is 113 Å². The van der Waals surface area contributed by atoms with Crippen molar-refractivity contribution >= 4 is 21.7 Å². The van der Waals surface area contributed by atoms with Crippen LogP contribution in [0.15, 0.2) is 10.7 Å². The number of rotatable bonds is 5. The minimum atomic E-state index is -4.15. The van der Waals surface area contributed by atoms with Gasteiger partial charge in [-0.25, -0.2) is 9.97 Å². The minimum absolute atomic E-state index is 0.113. The van der Waals surface area contributed by atoms with Gasteiger partial charge in [0.2, 0.25) is 0 Å². The van der Waals surface area contributed by atoms with Gasteiger partial charge in [0.05, 0.1) is 6.42 Å². The van der Waals surface area contributed by atoms with Crippen molar-refractivity contribution in [3.05, 3.63) is 16.5 Å². The van der Waals surface area contributed by atoms with E-state index in [1.165, 1.54) is 4.90 Å². The van der Waals surface area contributed by atoms with Crippen LogP contribution in [0.25, 0.3) is 0 Å². The molecule has 3 nitrogen and oxygen atoms in total. The lowest BCUT2D eigenvalue weighted by molar-refractivity contribution is -0.132. The molecule has 18 heavy (non-hydrogen) atoms. The van der Waals surface area contributed by atoms with E-state index in [1.54, 1.807) is 13.1 Å². The first-order valence-electron chi connectivity index (χ1n) is 5.63. The van der Waals surface area contributed by atoms with Crippen LogP contribution in [0.3, 0.4) is 0 Å². The summed E-state index contributed by atoms with van der Waals surface area (Å²) in [5, 5.41) is 0. The predicted octanol–water partition coefficient (Wildman–Crippen LogP) is 3.58. The van der Waals surface area contributed by atoms with Crippen LogP contribution in [0.5, 0.6) is 0 Å². The van der Waals surface area contributed by atoms with Crippen molar-refractivity contribution in [2.75, 3.05) is 18.5 Å². The van der Waals surface area contributed by atoms with Gasteiger partial charge < -0.3 is 4.90 Å². The van der Waals surface area contributed by atoms with E-state index in [4.69, 9.17) is 0 Å². The fourth-order valence-corrected chi connectivity index (χ4v) is 1.80. The molecular formula is C11H15BrF3N3. The number of halogens is 4. The van der Waals surface area contributed by atoms with Gasteiger partial charge in [-0.15, -0.1) is 0 Å². The highest BCUT2D eigenvalue weighted by molar-refractivity contribution is 9.10. The average molecular weight is 326 g/mol. The van der Waals surface area contributed by atoms with E-state index in [2.05, 4.69) is 25.9 Å². The van der Waals surface area contributed by atoms with Crippen molar-refractivity contribution in [1.29, 1.82) is 0 Å². The molecule has 0 aliphatic rings. The van der Waals surface area contributed by atoms with E-state index >= 15 is 0 Å². The summed E-state index contributed by atoms with van der Waals surface area (Å²) >= 11 is 3.24. The maximum Gasteiger partial charge on any atom is 0.390 e. The summed E-state index contributed by atoms with van der Waals surface area (Å²) in [5.74, 6) is 1.14. The molecule has 0 N–H and O–H groups in total. The molecule has 0 aliphatic heterocycles. The molecule has 0 unspecified atom stereocenters. The first kappa shape index (κ1) is 15.2. The van der Waals surface area contributed by atoms with Crippen molar-refractivity contribution in [2.24, 2.45) is 0 Å². The summed E-state index contributed by atoms with van der Waals surface area (Å²) in [6.07, 6.45) is -3.40. The maximum absolute atomic E-state index is 12.1. The van der Waals surface area contributed by atoms with Crippen LogP contribution in [-0.4, -0.2) is 29.7 Å². The summed E-state index contributed by atoms with van der Waals surface area (Å²) in [6, 6.07) is 1.62. The molecule has 0 bridgehead atoms. The SMILES string of the molecule is CCCc1nc(Br)cc(N(C)CCC(F)(F)F)n1. The Morgan fingerprint density at radius 1 is 1.33 bits per heavy atom. The second kappa shape index (κ2) is 6.36. The van der Waals surface area contributed by atoms with E-state index in [0.717, 1.165) is 6.42 Å². The second-order valence-corrected chi connectivity index (χ2v) is 4.81. The van der Waals surface area contributed by atoms with Crippen LogP contribution in [0.2, 0.25) is 0 Å². The fourth-order valence-electron chi connectivity index (χ4n) is 1.39. The molecule has 1 heterocycles. The minimum Gasteiger partial charge on any atom is -0.359 e. The van der Waals surface area contributed by atoms with E-state index in [-0.39, 0.29) is 6.54 Å². The number of aromatic nitrogens is 2. The summed E-state index contributed by atoms with van der Waals surface area (Å²) in [7, 11) is 1.59. The molecule has 0 radical (unpaired) electrons. The highest BCUT2D eigenvalue weighted by Crippen LogP contribution is 2.22. The Balaban J connectivity index is 2.75. The molecule has 1 aromatic heterocycles. The van der Waals surface area contributed by atoms with Crippen molar-refractivity contribution in [1.82, 2.24) is 9.97 Å². The normalized spacial score (nSPS) is 11.7. The lowest BCUT2D eigenvalue weighted by Crippen LogP contribution is -2.25. The van der Waals surface area contributed by atoms with Crippen molar-refractivity contribution in [2.45, 2.75) is 32.4 Å². The maximum atomic E-state index is 12.1. The third-order valence-corrected chi connectivity index (χ3v) is 2.73. The average Bonchev–Trinajstić information content (AvgIpc) is 2.24. The summed E-state index contributed by atoms with van der Waals surface area (Å²) in [4.78, 5) is 9.90. The molecule has 0 amide bonds. The zero-order valence-corrected chi connectivity index (χ0v) is 11.8. The molecule has 7 heteroatoms. The van der Waals surface area contributed by atoms with Crippen molar-refractivity contribution < 1.29 is 13.2 Å². The monoisotopic (exact) mass is 325 g/mol. The second-order valence-electron chi connectivity index (χ2n) is 4.00. The third kappa shape index (κ3) is 5.20. The molecule has 0 aliphatic carbocycles. The van der Waals surface area contributed by atoms with Gasteiger partial charge in [0.15, 0.2) is 0 Å². The zero-order chi connectivity index (χ0) is 13.8. The Hall–Kier alpha value is -0.850. The molecule has 0 atom stereocenters. The fraction of sp³-hybridized carbons (Fsp3) is 0.636. The van der Waals surface area contributed by atoms with Gasteiger partial charge >= 0.3 is 6.18 Å². The van der Waals surface area contributed by atoms with Crippen LogP contribution >= 0.6 is 15.9 Å². The van der Waals surface area contributed by atoms with Crippen LogP contribution in [0, 0.1) is 0 Å². The molecule has 1 aromatic rings. The first-order valence-corrected chi connectivity index (χ1v) is 6.42. The van der Waals surface area contributed by atoms with Gasteiger partial charge in [0, 0.05) is 26.1 Å². The Kier molecular flexibility index (Phi) is 5.37. The van der Waals surface area contributed by atoms with Crippen LogP contribution < -0.4 is 4.90 Å². The largest absolute Gasteiger partial charge is 0.390 e. The summed E-state index contributed by atoms with van der Waals surface area (Å²) < 4.78 is 37.0. The Morgan fingerprint density at radius 2 is 2.00 bits per heavy atom. The van der Waals surface area contributed by atoms with E-state index in [0.29, 0.717) is 22.7 Å². The predicted molar refractivity (Wildman–Crippen MR) is 67.7 cm³/mol. The number of alkyl halides is 3. The molecule has 0 saturated carbocycles. The Bertz CT molecular complexity index is 396. The Morgan fingerprint density at radius 3 is 2.56 bits per heavy atom. The van der Waals surface area contributed by atoms with Gasteiger partial charge in [0.1, 0.15) is 16.2 Å². The molecule has 0 saturated heterocycles. The lowest BCUT2D eigenvalue weighted by Gasteiger charge is -2.19. The molecule has 1 rings (SSSR count). The molecule has 102 valence electrons. The number of anilines is 1. The van der Waals surface area contributed by atoms with Crippen LogP contribution in [0.1, 0.15) is 25.6 Å².